The average Bonchev–Trinajstić information content (AvgIpc) is 0.784. The van der Waals surface area contributed by atoms with E-state index in [1.54, 1.807) is 121 Å². The fraction of sp³-hybridized carbons (Fsp3) is 0.519. The van der Waals surface area contributed by atoms with Crippen molar-refractivity contribution in [1.82, 2.24) is 19.6 Å². The van der Waals surface area contributed by atoms with Crippen LogP contribution in [0.1, 0.15) is 271 Å². The third-order valence-corrected chi connectivity index (χ3v) is 28.9. The minimum atomic E-state index is -4.71. The van der Waals surface area contributed by atoms with Gasteiger partial charge in [0.05, 0.1) is 101 Å². The Kier molecular flexibility index (Phi) is 35.7. The number of hydrogen-bond donors (Lipinski definition) is 2. The van der Waals surface area contributed by atoms with E-state index in [0.29, 0.717) is 171 Å². The molecule has 4 amide bonds. The Hall–Kier alpha value is -9.77. The second-order valence-electron chi connectivity index (χ2n) is 39.0. The first-order valence-corrected chi connectivity index (χ1v) is 50.0. The number of methoxy groups -OCH3 is 1. The molecule has 31 heteroatoms. The van der Waals surface area contributed by atoms with Crippen LogP contribution in [0.4, 0.5) is 35.1 Å². The summed E-state index contributed by atoms with van der Waals surface area (Å²) >= 11 is 0. The molecule has 8 unspecified atom stereocenters. The summed E-state index contributed by atoms with van der Waals surface area (Å²) in [5.74, 6) is -5.31. The third-order valence-electron chi connectivity index (χ3n) is 27.5. The first-order chi connectivity index (χ1) is 66.1. The van der Waals surface area contributed by atoms with E-state index in [-0.39, 0.29) is 131 Å². The molecular weight excluding hydrogens is 1830 g/mol. The normalized spacial score (nSPS) is 22.4. The Morgan fingerprint density at radius 1 is 0.403 bits per heavy atom. The summed E-state index contributed by atoms with van der Waals surface area (Å²) in [7, 11) is -3.13. The molecular formula is C108H132F8N4O18S. The van der Waals surface area contributed by atoms with Crippen molar-refractivity contribution in [3.05, 3.63) is 266 Å². The van der Waals surface area contributed by atoms with Gasteiger partial charge >= 0.3 is 5.76 Å². The number of benzene rings is 8. The van der Waals surface area contributed by atoms with Crippen LogP contribution in [0, 0.1) is 34.9 Å². The number of amides is 4. The maximum absolute atomic E-state index is 14.6. The number of nitrogens with zero attached hydrogens (tertiary/aromatic N) is 4. The van der Waals surface area contributed by atoms with Crippen LogP contribution in [0.2, 0.25) is 0 Å². The summed E-state index contributed by atoms with van der Waals surface area (Å²) in [6.07, 6.45) is 10.5. The van der Waals surface area contributed by atoms with E-state index in [0.717, 1.165) is 72.9 Å². The molecule has 8 heterocycles. The molecule has 0 aromatic heterocycles. The molecule has 0 saturated carbocycles. The van der Waals surface area contributed by atoms with E-state index in [1.807, 2.05) is 46.4 Å². The number of halogens is 8. The molecule has 8 aliphatic rings. The van der Waals surface area contributed by atoms with Gasteiger partial charge in [0.15, 0.2) is 11.5 Å². The van der Waals surface area contributed by atoms with Crippen molar-refractivity contribution in [2.24, 2.45) is 0 Å². The van der Waals surface area contributed by atoms with E-state index < -0.39 is 60.1 Å². The minimum absolute atomic E-state index is 0.0125. The number of alkyl halides is 2. The topological polar surface area (TPSA) is 248 Å². The highest BCUT2D eigenvalue weighted by Crippen LogP contribution is 2.50. The Labute approximate surface area is 810 Å². The largest absolute Gasteiger partial charge is 0.493 e. The van der Waals surface area contributed by atoms with Gasteiger partial charge < -0.3 is 77.2 Å². The van der Waals surface area contributed by atoms with Gasteiger partial charge in [0.25, 0.3) is 23.6 Å². The average molecular weight is 1960 g/mol. The van der Waals surface area contributed by atoms with Crippen molar-refractivity contribution in [1.29, 1.82) is 0 Å². The number of ether oxygens (including phenoxy) is 10. The Morgan fingerprint density at radius 2 is 0.691 bits per heavy atom. The van der Waals surface area contributed by atoms with Crippen LogP contribution in [0.5, 0.6) is 11.5 Å². The first-order valence-electron chi connectivity index (χ1n) is 48.5. The van der Waals surface area contributed by atoms with E-state index in [9.17, 15) is 72.9 Å². The number of piperidine rings is 4. The Balaban J connectivity index is 0.000000156. The summed E-state index contributed by atoms with van der Waals surface area (Å²) in [5.41, 5.74) is 1.58. The second-order valence-corrected chi connectivity index (χ2v) is 40.9. The van der Waals surface area contributed by atoms with Crippen molar-refractivity contribution in [3.8, 4) is 11.5 Å². The number of likely N-dealkylation sites (tertiary alicyclic amines) is 4. The van der Waals surface area contributed by atoms with Crippen LogP contribution in [0.25, 0.3) is 0 Å². The molecule has 22 nitrogen and oxygen atoms in total. The molecule has 4 spiro atoms. The lowest BCUT2D eigenvalue weighted by Gasteiger charge is -2.48. The number of carbonyl (C=O) groups excluding carboxylic acids is 4. The van der Waals surface area contributed by atoms with Crippen molar-refractivity contribution in [2.45, 2.75) is 278 Å². The van der Waals surface area contributed by atoms with Gasteiger partial charge in [-0.2, -0.15) is 8.78 Å². The predicted molar refractivity (Wildman–Crippen MR) is 507 cm³/mol. The highest BCUT2D eigenvalue weighted by molar-refractivity contribution is 7.91. The molecule has 0 aliphatic carbocycles. The van der Waals surface area contributed by atoms with Crippen molar-refractivity contribution >= 4 is 33.5 Å². The van der Waals surface area contributed by atoms with Gasteiger partial charge in [-0.05, 0) is 264 Å². The van der Waals surface area contributed by atoms with Crippen LogP contribution in [0.3, 0.4) is 0 Å². The van der Waals surface area contributed by atoms with Crippen molar-refractivity contribution < 1.29 is 120 Å². The van der Waals surface area contributed by atoms with Crippen LogP contribution in [0.15, 0.2) is 181 Å². The lowest BCUT2D eigenvalue weighted by atomic mass is 9.80. The van der Waals surface area contributed by atoms with E-state index in [4.69, 9.17) is 47.4 Å². The summed E-state index contributed by atoms with van der Waals surface area (Å²) in [5, 5.41) is 20.1. The fourth-order valence-electron chi connectivity index (χ4n) is 20.5. The number of carbonyl (C=O) groups is 4. The molecule has 2 N–H and O–H groups in total. The zero-order chi connectivity index (χ0) is 99.9. The van der Waals surface area contributed by atoms with Crippen molar-refractivity contribution in [3.63, 3.8) is 0 Å². The van der Waals surface area contributed by atoms with E-state index >= 15 is 0 Å². The monoisotopic (exact) mass is 1960 g/mol. The summed E-state index contributed by atoms with van der Waals surface area (Å²) in [6.45, 7) is 24.5. The summed E-state index contributed by atoms with van der Waals surface area (Å²) < 4.78 is 193. The molecule has 8 aliphatic heterocycles. The van der Waals surface area contributed by atoms with Crippen molar-refractivity contribution in [2.75, 3.05) is 85.9 Å². The fourth-order valence-corrected chi connectivity index (χ4v) is 21.2. The Bertz CT molecular complexity index is 5530. The summed E-state index contributed by atoms with van der Waals surface area (Å²) in [6, 6.07) is 44.2. The van der Waals surface area contributed by atoms with Crippen LogP contribution >= 0.6 is 0 Å². The van der Waals surface area contributed by atoms with Crippen LogP contribution in [-0.2, 0) is 59.8 Å². The zero-order valence-corrected chi connectivity index (χ0v) is 82.0. The minimum Gasteiger partial charge on any atom is -0.493 e. The van der Waals surface area contributed by atoms with Gasteiger partial charge in [-0.15, -0.1) is 0 Å². The molecule has 8 saturated heterocycles. The van der Waals surface area contributed by atoms with E-state index in [1.165, 1.54) is 92.7 Å². The van der Waals surface area contributed by atoms with Gasteiger partial charge in [-0.3, -0.25) is 19.2 Å². The number of aliphatic hydroxyl groups is 2. The molecule has 16 rings (SSSR count). The second kappa shape index (κ2) is 46.5. The maximum atomic E-state index is 14.6. The van der Waals surface area contributed by atoms with Gasteiger partial charge in [-0.1, -0.05) is 60.7 Å². The molecule has 754 valence electrons. The standard InChI is InChI=1S/C28H35F2NO4.C28H36FNO5.C27H33F2NO4.C25H28F3NO5S/c1-4-34-23-16-25(19-7-9-22(29)10-8-19)35-28(18-23)11-13-31(14-12-28)26(32)20-5-6-21(24(30)15-20)17-27(2,3)33;1-5-33-23-17-25(20-6-9-22(29)10-7-20)35-28(18-23)12-14-30(15-13-28)27(31)21-8-11-24(34-19(2)3)26(16-21)32-4;1-4-33-21-16-24(18-5-8-20(28)9-6-18)34-27(17-21)11-13-30(14-12-27)25(31)19-7-10-22(23(29)15-19)26(2,3)32;1-2-33-20-15-22(17-3-7-19(26)8-4-17)34-25(16-20)11-13-29(14-12-25)23(30)18-5-9-21(10-6-18)35(31,32)24(27)28/h5-10,15,23,25,33H,4,11-14,16-18H2,1-3H3;6-11,16,19,23,25H,5,12-15,17-18H2,1-4H3;5-10,15,21,24,32H,4,11-14,16-17H2,1-3H3;3-10,20,22,24H,2,11-16H2,1H3. The molecule has 139 heavy (non-hydrogen) atoms. The number of hydrogen-bond acceptors (Lipinski definition) is 18. The van der Waals surface area contributed by atoms with Gasteiger partial charge in [0, 0.05) is 164 Å². The molecule has 8 aromatic carbocycles. The van der Waals surface area contributed by atoms with Gasteiger partial charge in [-0.25, -0.2) is 34.8 Å². The first kappa shape index (κ1) is 107. The molecule has 0 radical (unpaired) electrons. The number of sulfone groups is 1. The molecule has 8 atom stereocenters. The molecule has 0 bridgehead atoms. The lowest BCUT2D eigenvalue weighted by Crippen LogP contribution is -2.52. The maximum Gasteiger partial charge on any atom is 0.341 e. The highest BCUT2D eigenvalue weighted by atomic mass is 32.2. The predicted octanol–water partition coefficient (Wildman–Crippen LogP) is 20.6. The third kappa shape index (κ3) is 27.6. The van der Waals surface area contributed by atoms with Gasteiger partial charge in [0.1, 0.15) is 34.9 Å². The summed E-state index contributed by atoms with van der Waals surface area (Å²) in [4.78, 5) is 58.9. The SMILES string of the molecule is CCOC1CC(c2ccc(F)cc2)OC2(CCN(C(=O)c3ccc(C(C)(C)O)c(F)c3)CC2)C1.CCOC1CC(c2ccc(F)cc2)OC2(CCN(C(=O)c3ccc(CC(C)(C)O)c(F)c3)CC2)C1.CCOC1CC(c2ccc(F)cc2)OC2(CCN(C(=O)c3ccc(OC(C)C)c(OC)c3)CC2)C1.CCOC1CC(c2ccc(F)cc2)OC2(CCN(C(=O)c3ccc(S(=O)(=O)C(F)F)cc3)CC2)C1. The van der Waals surface area contributed by atoms with Crippen LogP contribution in [-0.4, -0.2) is 212 Å². The Morgan fingerprint density at radius 3 is 0.964 bits per heavy atom. The quantitative estimate of drug-likeness (QED) is 0.0534. The van der Waals surface area contributed by atoms with Gasteiger partial charge in [0.2, 0.25) is 9.84 Å². The molecule has 8 aromatic rings. The van der Waals surface area contributed by atoms with Crippen LogP contribution < -0.4 is 9.47 Å². The number of rotatable bonds is 24. The zero-order valence-electron chi connectivity index (χ0n) is 81.2. The van der Waals surface area contributed by atoms with E-state index in [2.05, 4.69) is 0 Å². The highest BCUT2D eigenvalue weighted by Gasteiger charge is 2.51. The smallest absolute Gasteiger partial charge is 0.341 e. The lowest BCUT2D eigenvalue weighted by molar-refractivity contribution is -0.191. The molecule has 8 fully saturated rings.